The summed E-state index contributed by atoms with van der Waals surface area (Å²) in [6.45, 7) is 4.49. The fourth-order valence-corrected chi connectivity index (χ4v) is 4.87. The van der Waals surface area contributed by atoms with Crippen molar-refractivity contribution < 1.29 is 0 Å². The maximum Gasteiger partial charge on any atom is 0.0354 e. The molecule has 0 aliphatic heterocycles. The zero-order valence-electron chi connectivity index (χ0n) is 11.9. The summed E-state index contributed by atoms with van der Waals surface area (Å²) in [6.07, 6.45) is 13.2. The number of unbranched alkanes of at least 4 members (excludes halogenated alkanes) is 1. The maximum absolute atomic E-state index is 5.06. The molecule has 0 N–H and O–H groups in total. The Morgan fingerprint density at radius 1 is 1.39 bits per heavy atom. The third-order valence-electron chi connectivity index (χ3n) is 5.01. The van der Waals surface area contributed by atoms with Gasteiger partial charge in [-0.05, 0) is 56.4 Å². The lowest BCUT2D eigenvalue weighted by atomic mass is 9.66. The number of hydrogen-bond acceptors (Lipinski definition) is 2. The van der Waals surface area contributed by atoms with E-state index in [9.17, 15) is 0 Å². The minimum absolute atomic E-state index is 0.163. The van der Waals surface area contributed by atoms with Crippen LogP contribution in [0.4, 0.5) is 0 Å². The second-order valence-corrected chi connectivity index (χ2v) is 7.98. The molecule has 2 heteroatoms. The van der Waals surface area contributed by atoms with Crippen LogP contribution in [-0.2, 0) is 0 Å². The molecule has 0 heterocycles. The van der Waals surface area contributed by atoms with E-state index in [-0.39, 0.29) is 4.75 Å². The van der Waals surface area contributed by atoms with Crippen molar-refractivity contribution in [2.75, 3.05) is 0 Å². The maximum atomic E-state index is 5.06. The first-order chi connectivity index (χ1) is 8.57. The zero-order chi connectivity index (χ0) is 13.2. The predicted octanol–water partition coefficient (Wildman–Crippen LogP) is 5.30. The Hall–Kier alpha value is 0.440. The number of rotatable bonds is 6. The van der Waals surface area contributed by atoms with Gasteiger partial charge in [0.2, 0.25) is 0 Å². The van der Waals surface area contributed by atoms with Crippen LogP contribution in [0.15, 0.2) is 11.6 Å². The van der Waals surface area contributed by atoms with E-state index in [0.717, 1.165) is 11.8 Å². The van der Waals surface area contributed by atoms with Crippen LogP contribution in [0.1, 0.15) is 65.2 Å². The van der Waals surface area contributed by atoms with E-state index in [1.807, 2.05) is 0 Å². The van der Waals surface area contributed by atoms with Crippen LogP contribution in [0.25, 0.3) is 0 Å². The molecule has 2 aliphatic carbocycles. The number of thiol groups is 2. The highest BCUT2D eigenvalue weighted by atomic mass is 32.1. The molecule has 1 fully saturated rings. The van der Waals surface area contributed by atoms with Crippen LogP contribution < -0.4 is 0 Å². The second kappa shape index (κ2) is 6.26. The lowest BCUT2D eigenvalue weighted by Crippen LogP contribution is -2.35. The summed E-state index contributed by atoms with van der Waals surface area (Å²) in [6, 6.07) is 0. The van der Waals surface area contributed by atoms with Crippen LogP contribution >= 0.6 is 25.3 Å². The van der Waals surface area contributed by atoms with E-state index in [1.165, 1.54) is 56.9 Å². The highest BCUT2D eigenvalue weighted by molar-refractivity contribution is 7.83. The molecule has 2 rings (SSSR count). The van der Waals surface area contributed by atoms with E-state index in [1.54, 1.807) is 0 Å². The van der Waals surface area contributed by atoms with E-state index in [2.05, 4.69) is 32.6 Å². The molecule has 0 amide bonds. The second-order valence-electron chi connectivity index (χ2n) is 6.35. The first kappa shape index (κ1) is 14.8. The molecule has 2 aliphatic rings. The fourth-order valence-electron chi connectivity index (χ4n) is 3.77. The number of hydrogen-bond donors (Lipinski definition) is 2. The van der Waals surface area contributed by atoms with Crippen LogP contribution in [0, 0.1) is 11.8 Å². The Bertz CT molecular complexity index is 308. The van der Waals surface area contributed by atoms with Crippen molar-refractivity contribution in [2.24, 2.45) is 11.8 Å². The van der Waals surface area contributed by atoms with E-state index >= 15 is 0 Å². The van der Waals surface area contributed by atoms with Crippen molar-refractivity contribution in [3.05, 3.63) is 11.6 Å². The Labute approximate surface area is 124 Å². The largest absolute Gasteiger partial charge is 0.172 e. The minimum Gasteiger partial charge on any atom is -0.172 e. The summed E-state index contributed by atoms with van der Waals surface area (Å²) in [4.78, 5) is 0. The van der Waals surface area contributed by atoms with E-state index in [0.29, 0.717) is 5.25 Å². The first-order valence-corrected chi connectivity index (χ1v) is 8.64. The monoisotopic (exact) mass is 284 g/mol. The molecule has 4 atom stereocenters. The van der Waals surface area contributed by atoms with Gasteiger partial charge in [0.05, 0.1) is 0 Å². The smallest absolute Gasteiger partial charge is 0.0354 e. The van der Waals surface area contributed by atoms with Crippen molar-refractivity contribution >= 4 is 25.3 Å². The molecular weight excluding hydrogens is 256 g/mol. The molecule has 0 nitrogen and oxygen atoms in total. The molecule has 4 unspecified atom stereocenters. The van der Waals surface area contributed by atoms with Gasteiger partial charge in [0.1, 0.15) is 0 Å². The molecule has 0 spiro atoms. The van der Waals surface area contributed by atoms with Crippen molar-refractivity contribution in [1.82, 2.24) is 0 Å². The van der Waals surface area contributed by atoms with Crippen LogP contribution in [0.2, 0.25) is 0 Å². The number of allylic oxidation sites excluding steroid dienone is 1. The van der Waals surface area contributed by atoms with Crippen molar-refractivity contribution in [2.45, 2.75) is 75.2 Å². The van der Waals surface area contributed by atoms with Gasteiger partial charge in [-0.2, -0.15) is 25.3 Å². The zero-order valence-corrected chi connectivity index (χ0v) is 13.6. The molecular formula is C16H28S2. The van der Waals surface area contributed by atoms with Gasteiger partial charge in [-0.1, -0.05) is 32.3 Å². The van der Waals surface area contributed by atoms with Gasteiger partial charge in [0.25, 0.3) is 0 Å². The van der Waals surface area contributed by atoms with Gasteiger partial charge < -0.3 is 0 Å². The van der Waals surface area contributed by atoms with Crippen LogP contribution in [0.5, 0.6) is 0 Å². The van der Waals surface area contributed by atoms with Crippen LogP contribution in [0.3, 0.4) is 0 Å². The molecule has 0 aromatic rings. The van der Waals surface area contributed by atoms with Crippen molar-refractivity contribution in [3.63, 3.8) is 0 Å². The highest BCUT2D eigenvalue weighted by Gasteiger charge is 2.41. The summed E-state index contributed by atoms with van der Waals surface area (Å²) in [5.41, 5.74) is 1.50. The van der Waals surface area contributed by atoms with Crippen molar-refractivity contribution in [3.8, 4) is 0 Å². The average Bonchev–Trinajstić information content (AvgIpc) is 2.68. The van der Waals surface area contributed by atoms with Gasteiger partial charge in [0.15, 0.2) is 0 Å². The highest BCUT2D eigenvalue weighted by Crippen LogP contribution is 2.50. The summed E-state index contributed by atoms with van der Waals surface area (Å²) in [5, 5.41) is 0.374. The minimum atomic E-state index is 0.163. The summed E-state index contributed by atoms with van der Waals surface area (Å²) in [5.74, 6) is 1.92. The third kappa shape index (κ3) is 3.12. The van der Waals surface area contributed by atoms with Crippen LogP contribution in [-0.4, -0.2) is 10.00 Å². The average molecular weight is 285 g/mol. The lowest BCUT2D eigenvalue weighted by molar-refractivity contribution is 0.140. The molecule has 0 aromatic carbocycles. The topological polar surface area (TPSA) is 0 Å². The molecule has 0 saturated heterocycles. The van der Waals surface area contributed by atoms with Gasteiger partial charge in [-0.3, -0.25) is 0 Å². The van der Waals surface area contributed by atoms with Gasteiger partial charge in [-0.15, -0.1) is 0 Å². The quantitative estimate of drug-likeness (QED) is 0.480. The Balaban J connectivity index is 1.91. The molecule has 0 aromatic heterocycles. The molecule has 18 heavy (non-hydrogen) atoms. The van der Waals surface area contributed by atoms with Gasteiger partial charge >= 0.3 is 0 Å². The SMILES string of the molecule is CCCCC1CCC1CC1(S)CCC=C1C(C)S. The first-order valence-electron chi connectivity index (χ1n) is 7.68. The Morgan fingerprint density at radius 3 is 2.67 bits per heavy atom. The Kier molecular flexibility index (Phi) is 5.16. The summed E-state index contributed by atoms with van der Waals surface area (Å²) < 4.78 is 0.163. The normalized spacial score (nSPS) is 37.2. The van der Waals surface area contributed by atoms with E-state index < -0.39 is 0 Å². The standard InChI is InChI=1S/C16H28S2/c1-3-4-6-13-8-9-14(13)11-16(18)10-5-7-15(16)12(2)17/h7,12-14,17-18H,3-6,8-11H2,1-2H3. The summed E-state index contributed by atoms with van der Waals surface area (Å²) in [7, 11) is 0. The molecule has 0 radical (unpaired) electrons. The summed E-state index contributed by atoms with van der Waals surface area (Å²) >= 11 is 9.70. The molecule has 104 valence electrons. The third-order valence-corrected chi connectivity index (χ3v) is 5.96. The Morgan fingerprint density at radius 2 is 2.11 bits per heavy atom. The molecule has 0 bridgehead atoms. The van der Waals surface area contributed by atoms with Gasteiger partial charge in [-0.25, -0.2) is 0 Å². The van der Waals surface area contributed by atoms with Crippen molar-refractivity contribution in [1.29, 1.82) is 0 Å². The molecule has 1 saturated carbocycles. The fraction of sp³-hybridized carbons (Fsp3) is 0.875. The van der Waals surface area contributed by atoms with Gasteiger partial charge in [0, 0.05) is 10.00 Å². The lowest BCUT2D eigenvalue weighted by Gasteiger charge is -2.42. The van der Waals surface area contributed by atoms with E-state index in [4.69, 9.17) is 12.6 Å². The predicted molar refractivity (Wildman–Crippen MR) is 87.8 cm³/mol.